The maximum atomic E-state index is 13.1. The molecule has 5 heteroatoms. The third-order valence-electron chi connectivity index (χ3n) is 5.00. The molecule has 134 valence electrons. The second kappa shape index (κ2) is 6.90. The van der Waals surface area contributed by atoms with Gasteiger partial charge in [0.25, 0.3) is 0 Å². The van der Waals surface area contributed by atoms with E-state index >= 15 is 0 Å². The maximum Gasteiger partial charge on any atom is 0.223 e. The number of aromatic nitrogens is 2. The lowest BCUT2D eigenvalue weighted by Crippen LogP contribution is -2.24. The summed E-state index contributed by atoms with van der Waals surface area (Å²) in [4.78, 5) is 19.2. The molecule has 2 heterocycles. The van der Waals surface area contributed by atoms with Gasteiger partial charge in [-0.15, -0.1) is 0 Å². The molecule has 4 nitrogen and oxygen atoms in total. The molecule has 1 amide bonds. The molecular formula is C21H22FN3O. The van der Waals surface area contributed by atoms with Gasteiger partial charge in [-0.1, -0.05) is 31.2 Å². The van der Waals surface area contributed by atoms with E-state index in [4.69, 9.17) is 4.98 Å². The fourth-order valence-electron chi connectivity index (χ4n) is 3.77. The summed E-state index contributed by atoms with van der Waals surface area (Å²) in [5.41, 5.74) is 3.07. The smallest absolute Gasteiger partial charge is 0.223 e. The first kappa shape index (κ1) is 16.8. The Labute approximate surface area is 152 Å². The van der Waals surface area contributed by atoms with Crippen molar-refractivity contribution in [3.05, 3.63) is 65.7 Å². The lowest BCUT2D eigenvalue weighted by atomic mass is 10.1. The van der Waals surface area contributed by atoms with E-state index in [1.54, 1.807) is 12.1 Å². The van der Waals surface area contributed by atoms with Crippen LogP contribution in [-0.4, -0.2) is 26.9 Å². The Morgan fingerprint density at radius 1 is 1.15 bits per heavy atom. The number of fused-ring (bicyclic) bond motifs is 1. The molecule has 1 atom stereocenters. The van der Waals surface area contributed by atoms with Gasteiger partial charge in [0.05, 0.1) is 11.0 Å². The highest BCUT2D eigenvalue weighted by molar-refractivity contribution is 5.81. The minimum atomic E-state index is -0.257. The molecule has 1 aliphatic rings. The molecule has 0 unspecified atom stereocenters. The van der Waals surface area contributed by atoms with Gasteiger partial charge in [0.1, 0.15) is 11.6 Å². The van der Waals surface area contributed by atoms with Crippen molar-refractivity contribution in [2.75, 3.05) is 6.54 Å². The summed E-state index contributed by atoms with van der Waals surface area (Å²) in [5, 5.41) is 0. The van der Waals surface area contributed by atoms with Crippen molar-refractivity contribution >= 4 is 16.9 Å². The molecular weight excluding hydrogens is 329 g/mol. The average Bonchev–Trinajstić information content (AvgIpc) is 3.19. The molecule has 0 bridgehead atoms. The van der Waals surface area contributed by atoms with Crippen LogP contribution >= 0.6 is 0 Å². The quantitative estimate of drug-likeness (QED) is 0.694. The topological polar surface area (TPSA) is 38.1 Å². The van der Waals surface area contributed by atoms with E-state index < -0.39 is 0 Å². The molecule has 1 aromatic heterocycles. The Balaban J connectivity index is 1.59. The van der Waals surface area contributed by atoms with Crippen LogP contribution in [0.25, 0.3) is 11.0 Å². The van der Waals surface area contributed by atoms with Crippen molar-refractivity contribution in [3.63, 3.8) is 0 Å². The zero-order valence-corrected chi connectivity index (χ0v) is 14.9. The molecule has 0 radical (unpaired) electrons. The van der Waals surface area contributed by atoms with E-state index in [1.165, 1.54) is 12.1 Å². The number of carbonyl (C=O) groups excluding carboxylic acids is 1. The molecule has 1 fully saturated rings. The number of likely N-dealkylation sites (tertiary alicyclic amines) is 1. The molecule has 0 N–H and O–H groups in total. The van der Waals surface area contributed by atoms with Crippen molar-refractivity contribution in [2.45, 2.75) is 38.8 Å². The van der Waals surface area contributed by atoms with Crippen molar-refractivity contribution in [3.8, 4) is 0 Å². The number of halogens is 1. The van der Waals surface area contributed by atoms with E-state index in [1.807, 2.05) is 23.1 Å². The molecule has 3 aromatic rings. The summed E-state index contributed by atoms with van der Waals surface area (Å²) in [6.45, 7) is 4.23. The van der Waals surface area contributed by atoms with Gasteiger partial charge < -0.3 is 9.47 Å². The van der Waals surface area contributed by atoms with Crippen LogP contribution < -0.4 is 0 Å². The average molecular weight is 351 g/mol. The molecule has 26 heavy (non-hydrogen) atoms. The minimum absolute atomic E-state index is 0.0990. The number of amides is 1. The normalized spacial score (nSPS) is 17.4. The molecule has 0 spiro atoms. The molecule has 0 aliphatic carbocycles. The van der Waals surface area contributed by atoms with Gasteiger partial charge in [0.15, 0.2) is 0 Å². The van der Waals surface area contributed by atoms with Crippen LogP contribution in [-0.2, 0) is 17.9 Å². The lowest BCUT2D eigenvalue weighted by Gasteiger charge is -2.17. The molecule has 0 saturated carbocycles. The van der Waals surface area contributed by atoms with Crippen LogP contribution in [0.5, 0.6) is 0 Å². The first-order valence-electron chi connectivity index (χ1n) is 9.13. The summed E-state index contributed by atoms with van der Waals surface area (Å²) < 4.78 is 15.3. The summed E-state index contributed by atoms with van der Waals surface area (Å²) in [5.74, 6) is 0.979. The van der Waals surface area contributed by atoms with E-state index in [9.17, 15) is 9.18 Å². The zero-order chi connectivity index (χ0) is 18.1. The Morgan fingerprint density at radius 2 is 1.92 bits per heavy atom. The minimum Gasteiger partial charge on any atom is -0.338 e. The Bertz CT molecular complexity index is 932. The Kier molecular flexibility index (Phi) is 4.45. The first-order chi connectivity index (χ1) is 12.7. The van der Waals surface area contributed by atoms with E-state index in [-0.39, 0.29) is 17.6 Å². The van der Waals surface area contributed by atoms with Crippen LogP contribution in [0, 0.1) is 5.82 Å². The Hall–Kier alpha value is -2.69. The zero-order valence-electron chi connectivity index (χ0n) is 14.9. The number of benzene rings is 2. The monoisotopic (exact) mass is 351 g/mol. The van der Waals surface area contributed by atoms with Gasteiger partial charge in [0.2, 0.25) is 5.91 Å². The van der Waals surface area contributed by atoms with Crippen LogP contribution in [0.3, 0.4) is 0 Å². The number of rotatable bonds is 5. The van der Waals surface area contributed by atoms with Gasteiger partial charge >= 0.3 is 0 Å². The van der Waals surface area contributed by atoms with E-state index in [2.05, 4.69) is 17.6 Å². The fraction of sp³-hybridized carbons (Fsp3) is 0.333. The number of hydrogen-bond donors (Lipinski definition) is 0. The van der Waals surface area contributed by atoms with Crippen LogP contribution in [0.1, 0.15) is 37.1 Å². The predicted molar refractivity (Wildman–Crippen MR) is 99.2 cm³/mol. The Morgan fingerprint density at radius 3 is 2.69 bits per heavy atom. The number of para-hydroxylation sites is 2. The number of carbonyl (C=O) groups is 1. The maximum absolute atomic E-state index is 13.1. The van der Waals surface area contributed by atoms with Gasteiger partial charge in [0, 0.05) is 32.0 Å². The standard InChI is InChI=1S/C21H22FN3O/c1-2-11-25-19-6-4-3-5-18(19)23-21(25)16-12-20(26)24(14-16)13-15-7-9-17(22)10-8-15/h3-10,16H,2,11-14H2,1H3/t16-/m0/s1. The number of hydrogen-bond acceptors (Lipinski definition) is 2. The van der Waals surface area contributed by atoms with Crippen molar-refractivity contribution in [1.29, 1.82) is 0 Å². The van der Waals surface area contributed by atoms with Crippen molar-refractivity contribution in [1.82, 2.24) is 14.5 Å². The highest BCUT2D eigenvalue weighted by atomic mass is 19.1. The SMILES string of the molecule is CCCn1c([C@H]2CC(=O)N(Cc3ccc(F)cc3)C2)nc2ccccc21. The third-order valence-corrected chi connectivity index (χ3v) is 5.00. The molecule has 1 aliphatic heterocycles. The van der Waals surface area contributed by atoms with E-state index in [0.29, 0.717) is 19.5 Å². The fourth-order valence-corrected chi connectivity index (χ4v) is 3.77. The third kappa shape index (κ3) is 3.09. The van der Waals surface area contributed by atoms with E-state index in [0.717, 1.165) is 35.4 Å². The number of aryl methyl sites for hydroxylation is 1. The highest BCUT2D eigenvalue weighted by Gasteiger charge is 2.33. The van der Waals surface area contributed by atoms with Gasteiger partial charge in [-0.2, -0.15) is 0 Å². The van der Waals surface area contributed by atoms with Crippen LogP contribution in [0.2, 0.25) is 0 Å². The lowest BCUT2D eigenvalue weighted by molar-refractivity contribution is -0.128. The van der Waals surface area contributed by atoms with Crippen LogP contribution in [0.15, 0.2) is 48.5 Å². The molecule has 1 saturated heterocycles. The van der Waals surface area contributed by atoms with Gasteiger partial charge in [-0.25, -0.2) is 9.37 Å². The number of nitrogens with zero attached hydrogens (tertiary/aromatic N) is 3. The largest absolute Gasteiger partial charge is 0.338 e. The van der Waals surface area contributed by atoms with Crippen molar-refractivity contribution in [2.24, 2.45) is 0 Å². The summed E-state index contributed by atoms with van der Waals surface area (Å²) in [6, 6.07) is 14.5. The molecule has 2 aromatic carbocycles. The highest BCUT2D eigenvalue weighted by Crippen LogP contribution is 2.31. The summed E-state index contributed by atoms with van der Waals surface area (Å²) >= 11 is 0. The second-order valence-electron chi connectivity index (χ2n) is 6.91. The number of imidazole rings is 1. The van der Waals surface area contributed by atoms with Crippen LogP contribution in [0.4, 0.5) is 4.39 Å². The van der Waals surface area contributed by atoms with Crippen molar-refractivity contribution < 1.29 is 9.18 Å². The second-order valence-corrected chi connectivity index (χ2v) is 6.91. The first-order valence-corrected chi connectivity index (χ1v) is 9.13. The predicted octanol–water partition coefficient (Wildman–Crippen LogP) is 4.10. The van der Waals surface area contributed by atoms with Gasteiger partial charge in [-0.3, -0.25) is 4.79 Å². The molecule has 4 rings (SSSR count). The summed E-state index contributed by atoms with van der Waals surface area (Å²) in [6.07, 6.45) is 1.50. The summed E-state index contributed by atoms with van der Waals surface area (Å²) in [7, 11) is 0. The van der Waals surface area contributed by atoms with Gasteiger partial charge in [-0.05, 0) is 36.2 Å².